The molecule has 0 aromatic carbocycles. The van der Waals surface area contributed by atoms with Crippen molar-refractivity contribution in [2.75, 3.05) is 20.3 Å². The largest absolute Gasteiger partial charge is 0.383 e. The third-order valence-corrected chi connectivity index (χ3v) is 2.54. The zero-order valence-corrected chi connectivity index (χ0v) is 8.36. The Morgan fingerprint density at radius 1 is 1.62 bits per heavy atom. The number of thiophene rings is 1. The Morgan fingerprint density at radius 2 is 2.46 bits per heavy atom. The molecule has 0 fully saturated rings. The molecule has 0 saturated heterocycles. The Morgan fingerprint density at radius 3 is 3.08 bits per heavy atom. The zero-order valence-electron chi connectivity index (χ0n) is 7.54. The molecule has 4 heteroatoms. The molecular weight excluding hydrogens is 184 g/mol. The Labute approximate surface area is 82.0 Å². The van der Waals surface area contributed by atoms with Crippen LogP contribution in [0.15, 0.2) is 12.1 Å². The molecule has 0 bridgehead atoms. The maximum Gasteiger partial charge on any atom is 0.110 e. The van der Waals surface area contributed by atoms with Crippen molar-refractivity contribution in [2.24, 2.45) is 0 Å². The maximum absolute atomic E-state index is 8.58. The summed E-state index contributed by atoms with van der Waals surface area (Å²) in [6.45, 7) is 2.38. The third kappa shape index (κ3) is 3.55. The quantitative estimate of drug-likeness (QED) is 0.723. The monoisotopic (exact) mass is 196 g/mol. The second kappa shape index (κ2) is 5.70. The van der Waals surface area contributed by atoms with Crippen molar-refractivity contribution in [3.8, 4) is 6.07 Å². The van der Waals surface area contributed by atoms with Crippen LogP contribution in [0.4, 0.5) is 0 Å². The summed E-state index contributed by atoms with van der Waals surface area (Å²) in [6, 6.07) is 5.94. The third-order valence-electron chi connectivity index (χ3n) is 1.55. The average Bonchev–Trinajstić information content (AvgIpc) is 2.60. The topological polar surface area (TPSA) is 45.0 Å². The smallest absolute Gasteiger partial charge is 0.110 e. The lowest BCUT2D eigenvalue weighted by Crippen LogP contribution is -2.17. The van der Waals surface area contributed by atoms with Gasteiger partial charge in [-0.1, -0.05) is 0 Å². The van der Waals surface area contributed by atoms with E-state index in [1.807, 2.05) is 12.1 Å². The van der Waals surface area contributed by atoms with Crippen LogP contribution in [0.3, 0.4) is 0 Å². The van der Waals surface area contributed by atoms with Crippen molar-refractivity contribution in [2.45, 2.75) is 6.54 Å². The number of ether oxygens (including phenoxy) is 1. The van der Waals surface area contributed by atoms with Gasteiger partial charge >= 0.3 is 0 Å². The van der Waals surface area contributed by atoms with Gasteiger partial charge in [-0.2, -0.15) is 5.26 Å². The van der Waals surface area contributed by atoms with Gasteiger partial charge in [-0.25, -0.2) is 0 Å². The molecule has 1 heterocycles. The van der Waals surface area contributed by atoms with Gasteiger partial charge in [-0.05, 0) is 12.1 Å². The number of rotatable bonds is 5. The minimum atomic E-state index is 0.719. The molecule has 0 aliphatic heterocycles. The summed E-state index contributed by atoms with van der Waals surface area (Å²) >= 11 is 1.53. The molecule has 0 aliphatic rings. The standard InChI is InChI=1S/C9H12N2OS/c1-12-5-4-11-7-9-3-2-8(6-10)13-9/h2-3,11H,4-5,7H2,1H3. The van der Waals surface area contributed by atoms with Crippen molar-refractivity contribution in [3.63, 3.8) is 0 Å². The van der Waals surface area contributed by atoms with E-state index in [0.717, 1.165) is 24.6 Å². The lowest BCUT2D eigenvalue weighted by Gasteiger charge is -2.00. The van der Waals surface area contributed by atoms with Crippen LogP contribution in [0.5, 0.6) is 0 Å². The van der Waals surface area contributed by atoms with Gasteiger partial charge < -0.3 is 10.1 Å². The van der Waals surface area contributed by atoms with E-state index in [1.54, 1.807) is 7.11 Å². The first-order valence-corrected chi connectivity index (χ1v) is 4.87. The van der Waals surface area contributed by atoms with Crippen LogP contribution >= 0.6 is 11.3 Å². The summed E-state index contributed by atoms with van der Waals surface area (Å²) in [5, 5.41) is 11.8. The maximum atomic E-state index is 8.58. The Balaban J connectivity index is 2.25. The molecular formula is C9H12N2OS. The van der Waals surface area contributed by atoms with Crippen molar-refractivity contribution in [3.05, 3.63) is 21.9 Å². The van der Waals surface area contributed by atoms with Gasteiger partial charge in [0.05, 0.1) is 6.61 Å². The number of nitriles is 1. The van der Waals surface area contributed by atoms with Crippen molar-refractivity contribution in [1.82, 2.24) is 5.32 Å². The Bertz CT molecular complexity index is 290. The highest BCUT2D eigenvalue weighted by molar-refractivity contribution is 7.12. The van der Waals surface area contributed by atoms with Gasteiger partial charge in [-0.3, -0.25) is 0 Å². The lowest BCUT2D eigenvalue weighted by atomic mass is 10.4. The second-order valence-electron chi connectivity index (χ2n) is 2.55. The Hall–Kier alpha value is -0.890. The van der Waals surface area contributed by atoms with E-state index < -0.39 is 0 Å². The van der Waals surface area contributed by atoms with Gasteiger partial charge in [0, 0.05) is 25.1 Å². The molecule has 1 rings (SSSR count). The van der Waals surface area contributed by atoms with E-state index in [0.29, 0.717) is 0 Å². The molecule has 1 N–H and O–H groups in total. The number of nitrogens with one attached hydrogen (secondary N) is 1. The molecule has 0 atom stereocenters. The molecule has 0 unspecified atom stereocenters. The molecule has 3 nitrogen and oxygen atoms in total. The fourth-order valence-electron chi connectivity index (χ4n) is 0.919. The number of hydrogen-bond donors (Lipinski definition) is 1. The van der Waals surface area contributed by atoms with Crippen LogP contribution in [-0.4, -0.2) is 20.3 Å². The summed E-state index contributed by atoms with van der Waals surface area (Å²) in [6.07, 6.45) is 0. The predicted molar refractivity (Wildman–Crippen MR) is 52.6 cm³/mol. The van der Waals surface area contributed by atoms with Crippen LogP contribution in [0.1, 0.15) is 9.75 Å². The molecule has 0 spiro atoms. The van der Waals surface area contributed by atoms with Gasteiger partial charge in [0.2, 0.25) is 0 Å². The molecule has 0 radical (unpaired) electrons. The highest BCUT2D eigenvalue weighted by Gasteiger charge is 1.97. The highest BCUT2D eigenvalue weighted by atomic mass is 32.1. The highest BCUT2D eigenvalue weighted by Crippen LogP contribution is 2.14. The summed E-state index contributed by atoms with van der Waals surface area (Å²) in [5.74, 6) is 0. The van der Waals surface area contributed by atoms with Crippen LogP contribution < -0.4 is 5.32 Å². The Kier molecular flexibility index (Phi) is 4.47. The fourth-order valence-corrected chi connectivity index (χ4v) is 1.69. The molecule has 13 heavy (non-hydrogen) atoms. The fraction of sp³-hybridized carbons (Fsp3) is 0.444. The van der Waals surface area contributed by atoms with E-state index in [9.17, 15) is 0 Å². The van der Waals surface area contributed by atoms with Gasteiger partial charge in [0.15, 0.2) is 0 Å². The van der Waals surface area contributed by atoms with E-state index in [4.69, 9.17) is 10.00 Å². The van der Waals surface area contributed by atoms with Crippen molar-refractivity contribution < 1.29 is 4.74 Å². The first kappa shape index (κ1) is 10.2. The number of hydrogen-bond acceptors (Lipinski definition) is 4. The summed E-state index contributed by atoms with van der Waals surface area (Å²) in [4.78, 5) is 1.95. The van der Waals surface area contributed by atoms with E-state index in [-0.39, 0.29) is 0 Å². The molecule has 70 valence electrons. The van der Waals surface area contributed by atoms with Crippen molar-refractivity contribution >= 4 is 11.3 Å². The van der Waals surface area contributed by atoms with Crippen LogP contribution in [0.25, 0.3) is 0 Å². The minimum Gasteiger partial charge on any atom is -0.383 e. The van der Waals surface area contributed by atoms with Crippen molar-refractivity contribution in [1.29, 1.82) is 5.26 Å². The molecule has 0 saturated carbocycles. The first-order valence-electron chi connectivity index (χ1n) is 4.05. The molecule has 0 amide bonds. The molecule has 0 aliphatic carbocycles. The minimum absolute atomic E-state index is 0.719. The zero-order chi connectivity index (χ0) is 9.52. The van der Waals surface area contributed by atoms with Crippen LogP contribution in [0.2, 0.25) is 0 Å². The number of methoxy groups -OCH3 is 1. The van der Waals surface area contributed by atoms with Crippen LogP contribution in [-0.2, 0) is 11.3 Å². The lowest BCUT2D eigenvalue weighted by molar-refractivity contribution is 0.199. The molecule has 1 aromatic heterocycles. The van der Waals surface area contributed by atoms with Gasteiger partial charge in [-0.15, -0.1) is 11.3 Å². The molecule has 1 aromatic rings. The summed E-state index contributed by atoms with van der Waals surface area (Å²) < 4.78 is 4.89. The van der Waals surface area contributed by atoms with Crippen LogP contribution in [0, 0.1) is 11.3 Å². The van der Waals surface area contributed by atoms with Gasteiger partial charge in [0.25, 0.3) is 0 Å². The summed E-state index contributed by atoms with van der Waals surface area (Å²) in [7, 11) is 1.68. The first-order chi connectivity index (χ1) is 6.36. The van der Waals surface area contributed by atoms with E-state index in [2.05, 4.69) is 11.4 Å². The van der Waals surface area contributed by atoms with E-state index >= 15 is 0 Å². The second-order valence-corrected chi connectivity index (χ2v) is 3.72. The normalized spacial score (nSPS) is 9.85. The van der Waals surface area contributed by atoms with Gasteiger partial charge in [0.1, 0.15) is 10.9 Å². The SMILES string of the molecule is COCCNCc1ccc(C#N)s1. The predicted octanol–water partition coefficient (Wildman–Crippen LogP) is 1.36. The van der Waals surface area contributed by atoms with E-state index in [1.165, 1.54) is 16.2 Å². The number of nitrogens with zero attached hydrogens (tertiary/aromatic N) is 1. The average molecular weight is 196 g/mol. The summed E-state index contributed by atoms with van der Waals surface area (Å²) in [5.41, 5.74) is 0.